The number of nitrogens with zero attached hydrogens (tertiary/aromatic N) is 1. The number of benzene rings is 1. The molecule has 4 heteroatoms. The van der Waals surface area contributed by atoms with E-state index in [1.807, 2.05) is 6.20 Å². The third-order valence-corrected chi connectivity index (χ3v) is 3.73. The van der Waals surface area contributed by atoms with Gasteiger partial charge in [-0.05, 0) is 53.1 Å². The lowest BCUT2D eigenvalue weighted by Gasteiger charge is -2.04. The maximum atomic E-state index is 4.15. The highest BCUT2D eigenvalue weighted by molar-refractivity contribution is 14.1. The summed E-state index contributed by atoms with van der Waals surface area (Å²) in [5.41, 5.74) is 3.59. The topological polar surface area (TPSA) is 40.7 Å². The molecule has 1 aromatic carbocycles. The largest absolute Gasteiger partial charge is 0.310 e. The van der Waals surface area contributed by atoms with Gasteiger partial charge in [0.1, 0.15) is 0 Å². The van der Waals surface area contributed by atoms with Crippen molar-refractivity contribution in [2.75, 3.05) is 0 Å². The predicted octanol–water partition coefficient (Wildman–Crippen LogP) is 2.93. The van der Waals surface area contributed by atoms with Crippen LogP contribution in [0.3, 0.4) is 0 Å². The van der Waals surface area contributed by atoms with E-state index < -0.39 is 0 Å². The van der Waals surface area contributed by atoms with Crippen LogP contribution in [-0.4, -0.2) is 16.2 Å². The molecule has 0 radical (unpaired) electrons. The van der Waals surface area contributed by atoms with Crippen LogP contribution in [0.4, 0.5) is 0 Å². The van der Waals surface area contributed by atoms with E-state index in [2.05, 4.69) is 62.4 Å². The van der Waals surface area contributed by atoms with Crippen molar-refractivity contribution in [1.29, 1.82) is 0 Å². The maximum Gasteiger partial charge on any atom is 0.0695 e. The van der Waals surface area contributed by atoms with Gasteiger partial charge in [0.05, 0.1) is 11.9 Å². The fraction of sp³-hybridized carbons (Fsp3) is 0.308. The Morgan fingerprint density at radius 2 is 2.06 bits per heavy atom. The van der Waals surface area contributed by atoms with Crippen molar-refractivity contribution in [1.82, 2.24) is 15.5 Å². The number of nitrogens with one attached hydrogen (secondary N) is 2. The van der Waals surface area contributed by atoms with Gasteiger partial charge in [-0.25, -0.2) is 0 Å². The van der Waals surface area contributed by atoms with Crippen LogP contribution in [0, 0.1) is 3.57 Å². The minimum Gasteiger partial charge on any atom is -0.310 e. The Balaban J connectivity index is 1.81. The first-order valence-corrected chi connectivity index (χ1v) is 6.92. The van der Waals surface area contributed by atoms with E-state index in [0.717, 1.165) is 18.3 Å². The van der Waals surface area contributed by atoms with Gasteiger partial charge in [0.2, 0.25) is 0 Å². The molecule has 0 spiro atoms. The van der Waals surface area contributed by atoms with E-state index in [1.54, 1.807) is 0 Å². The zero-order chi connectivity index (χ0) is 11.7. The van der Waals surface area contributed by atoms with E-state index in [9.17, 15) is 0 Å². The minimum absolute atomic E-state index is 0.731. The Bertz CT molecular complexity index is 500. The summed E-state index contributed by atoms with van der Waals surface area (Å²) in [6.45, 7) is 0.905. The van der Waals surface area contributed by atoms with Gasteiger partial charge in [-0.1, -0.05) is 12.1 Å². The first kappa shape index (κ1) is 11.2. The standard InChI is InChI=1S/C13H14IN3/c14-11-3-1-9(2-4-11)13-10(8-16-17-13)7-15-12-5-6-12/h1-4,8,12,15H,5-7H2,(H,16,17). The summed E-state index contributed by atoms with van der Waals surface area (Å²) in [4.78, 5) is 0. The maximum absolute atomic E-state index is 4.15. The predicted molar refractivity (Wildman–Crippen MR) is 76.6 cm³/mol. The Morgan fingerprint density at radius 1 is 1.29 bits per heavy atom. The lowest BCUT2D eigenvalue weighted by molar-refractivity contribution is 0.689. The lowest BCUT2D eigenvalue weighted by Crippen LogP contribution is -2.15. The summed E-state index contributed by atoms with van der Waals surface area (Å²) in [7, 11) is 0. The number of hydrogen-bond acceptors (Lipinski definition) is 2. The zero-order valence-corrected chi connectivity index (χ0v) is 11.6. The molecule has 2 N–H and O–H groups in total. The summed E-state index contributed by atoms with van der Waals surface area (Å²) in [6.07, 6.45) is 4.55. The van der Waals surface area contributed by atoms with Crippen LogP contribution in [0.5, 0.6) is 0 Å². The zero-order valence-electron chi connectivity index (χ0n) is 9.41. The van der Waals surface area contributed by atoms with Crippen LogP contribution in [-0.2, 0) is 6.54 Å². The van der Waals surface area contributed by atoms with Gasteiger partial charge < -0.3 is 5.32 Å². The van der Waals surface area contributed by atoms with Gasteiger partial charge in [0.25, 0.3) is 0 Å². The molecule has 0 bridgehead atoms. The summed E-state index contributed by atoms with van der Waals surface area (Å²) in [6, 6.07) is 9.24. The molecule has 1 aliphatic rings. The Hall–Kier alpha value is -0.880. The fourth-order valence-corrected chi connectivity index (χ4v) is 2.21. The Morgan fingerprint density at radius 3 is 2.76 bits per heavy atom. The monoisotopic (exact) mass is 339 g/mol. The van der Waals surface area contributed by atoms with Crippen LogP contribution in [0.1, 0.15) is 18.4 Å². The molecule has 88 valence electrons. The van der Waals surface area contributed by atoms with E-state index in [-0.39, 0.29) is 0 Å². The van der Waals surface area contributed by atoms with Crippen LogP contribution in [0.25, 0.3) is 11.3 Å². The van der Waals surface area contributed by atoms with Crippen molar-refractivity contribution in [3.63, 3.8) is 0 Å². The third kappa shape index (κ3) is 2.69. The molecule has 1 fully saturated rings. The lowest BCUT2D eigenvalue weighted by atomic mass is 10.1. The van der Waals surface area contributed by atoms with Crippen LogP contribution < -0.4 is 5.32 Å². The van der Waals surface area contributed by atoms with Crippen molar-refractivity contribution >= 4 is 22.6 Å². The Kier molecular flexibility index (Phi) is 3.15. The average Bonchev–Trinajstić information content (AvgIpc) is 3.06. The summed E-state index contributed by atoms with van der Waals surface area (Å²) in [5.74, 6) is 0. The van der Waals surface area contributed by atoms with Gasteiger partial charge in [0.15, 0.2) is 0 Å². The highest BCUT2D eigenvalue weighted by Gasteiger charge is 2.20. The van der Waals surface area contributed by atoms with Crippen molar-refractivity contribution in [2.24, 2.45) is 0 Å². The number of aromatic amines is 1. The minimum atomic E-state index is 0.731. The molecular weight excluding hydrogens is 325 g/mol. The first-order chi connectivity index (χ1) is 8.33. The van der Waals surface area contributed by atoms with Gasteiger partial charge in [-0.3, -0.25) is 5.10 Å². The fourth-order valence-electron chi connectivity index (χ4n) is 1.85. The molecule has 3 rings (SSSR count). The molecule has 0 saturated heterocycles. The Labute approximate surface area is 114 Å². The summed E-state index contributed by atoms with van der Waals surface area (Å²) in [5, 5.41) is 10.8. The number of aromatic nitrogens is 2. The van der Waals surface area contributed by atoms with Gasteiger partial charge in [-0.15, -0.1) is 0 Å². The highest BCUT2D eigenvalue weighted by atomic mass is 127. The van der Waals surface area contributed by atoms with Crippen molar-refractivity contribution in [3.8, 4) is 11.3 Å². The summed E-state index contributed by atoms with van der Waals surface area (Å²) < 4.78 is 1.25. The summed E-state index contributed by atoms with van der Waals surface area (Å²) >= 11 is 2.32. The molecule has 1 saturated carbocycles. The average molecular weight is 339 g/mol. The van der Waals surface area contributed by atoms with E-state index in [1.165, 1.54) is 27.5 Å². The molecular formula is C13H14IN3. The van der Waals surface area contributed by atoms with Gasteiger partial charge in [-0.2, -0.15) is 5.10 Å². The third-order valence-electron chi connectivity index (χ3n) is 3.01. The van der Waals surface area contributed by atoms with Crippen LogP contribution in [0.15, 0.2) is 30.5 Å². The molecule has 2 aromatic rings. The van der Waals surface area contributed by atoms with E-state index in [0.29, 0.717) is 0 Å². The molecule has 1 aliphatic carbocycles. The number of H-pyrrole nitrogens is 1. The van der Waals surface area contributed by atoms with Crippen molar-refractivity contribution in [3.05, 3.63) is 39.6 Å². The first-order valence-electron chi connectivity index (χ1n) is 5.84. The molecule has 3 nitrogen and oxygen atoms in total. The number of hydrogen-bond donors (Lipinski definition) is 2. The van der Waals surface area contributed by atoms with Crippen molar-refractivity contribution in [2.45, 2.75) is 25.4 Å². The second-order valence-electron chi connectivity index (χ2n) is 4.43. The molecule has 1 heterocycles. The second kappa shape index (κ2) is 4.78. The quantitative estimate of drug-likeness (QED) is 0.841. The van der Waals surface area contributed by atoms with Gasteiger partial charge >= 0.3 is 0 Å². The highest BCUT2D eigenvalue weighted by Crippen LogP contribution is 2.24. The van der Waals surface area contributed by atoms with E-state index in [4.69, 9.17) is 0 Å². The molecule has 1 aromatic heterocycles. The van der Waals surface area contributed by atoms with Crippen molar-refractivity contribution < 1.29 is 0 Å². The number of halogens is 1. The second-order valence-corrected chi connectivity index (χ2v) is 5.68. The molecule has 0 atom stereocenters. The van der Waals surface area contributed by atoms with E-state index >= 15 is 0 Å². The smallest absolute Gasteiger partial charge is 0.0695 e. The molecule has 0 aliphatic heterocycles. The SMILES string of the molecule is Ic1ccc(-c2[nH]ncc2CNC2CC2)cc1. The molecule has 0 unspecified atom stereocenters. The molecule has 0 amide bonds. The van der Waals surface area contributed by atoms with Crippen LogP contribution >= 0.6 is 22.6 Å². The molecule has 17 heavy (non-hydrogen) atoms. The number of rotatable bonds is 4. The van der Waals surface area contributed by atoms with Crippen LogP contribution in [0.2, 0.25) is 0 Å². The normalized spacial score (nSPS) is 15.1. The van der Waals surface area contributed by atoms with Gasteiger partial charge in [0, 0.05) is 21.7 Å².